The Kier molecular flexibility index (Phi) is 5.58. The standard InChI is InChI=1S/C15H22N6O5S/c1-10-17-15(26-19-10)11-4-5-21(6-12(11)18-13(22)8-25-3)27(23,24)14-7-20(2)9-16-14/h7,9,11-12H,4-6,8H2,1-3H3,(H,18,22)/t11-,12+/m0/s1. The minimum absolute atomic E-state index is 0.0287. The summed E-state index contributed by atoms with van der Waals surface area (Å²) in [4.78, 5) is 20.2. The van der Waals surface area contributed by atoms with Crippen molar-refractivity contribution in [1.29, 1.82) is 0 Å². The molecule has 2 aromatic rings. The van der Waals surface area contributed by atoms with Gasteiger partial charge >= 0.3 is 0 Å². The van der Waals surface area contributed by atoms with Crippen LogP contribution in [0.15, 0.2) is 22.1 Å². The Morgan fingerprint density at radius 2 is 2.26 bits per heavy atom. The predicted molar refractivity (Wildman–Crippen MR) is 92.2 cm³/mol. The van der Waals surface area contributed by atoms with Crippen LogP contribution in [0.4, 0.5) is 0 Å². The number of ether oxygens (including phenoxy) is 1. The number of aromatic nitrogens is 4. The number of methoxy groups -OCH3 is 1. The van der Waals surface area contributed by atoms with E-state index in [1.165, 1.54) is 23.9 Å². The van der Waals surface area contributed by atoms with E-state index in [-0.39, 0.29) is 36.5 Å². The molecule has 1 fully saturated rings. The monoisotopic (exact) mass is 398 g/mol. The van der Waals surface area contributed by atoms with Crippen molar-refractivity contribution in [2.24, 2.45) is 7.05 Å². The second-order valence-electron chi connectivity index (χ2n) is 6.42. The van der Waals surface area contributed by atoms with Crippen LogP contribution in [-0.2, 0) is 26.6 Å². The molecule has 1 saturated heterocycles. The third-order valence-electron chi connectivity index (χ3n) is 4.34. The Hall–Kier alpha value is -2.31. The number of amides is 1. The van der Waals surface area contributed by atoms with E-state index in [2.05, 4.69) is 20.4 Å². The van der Waals surface area contributed by atoms with Crippen LogP contribution in [0.3, 0.4) is 0 Å². The van der Waals surface area contributed by atoms with Gasteiger partial charge in [0.1, 0.15) is 6.61 Å². The smallest absolute Gasteiger partial charge is 0.262 e. The van der Waals surface area contributed by atoms with E-state index in [4.69, 9.17) is 9.26 Å². The number of rotatable bonds is 6. The average molecular weight is 398 g/mol. The van der Waals surface area contributed by atoms with Crippen LogP contribution in [0.1, 0.15) is 24.1 Å². The predicted octanol–water partition coefficient (Wildman–Crippen LogP) is -0.579. The lowest BCUT2D eigenvalue weighted by Gasteiger charge is -2.36. The van der Waals surface area contributed by atoms with Crippen LogP contribution in [0.5, 0.6) is 0 Å². The first-order valence-electron chi connectivity index (χ1n) is 8.38. The van der Waals surface area contributed by atoms with Gasteiger partial charge in [0.25, 0.3) is 10.0 Å². The summed E-state index contributed by atoms with van der Waals surface area (Å²) in [6.45, 7) is 1.90. The van der Waals surface area contributed by atoms with Gasteiger partial charge in [-0.3, -0.25) is 4.79 Å². The maximum Gasteiger partial charge on any atom is 0.262 e. The van der Waals surface area contributed by atoms with Gasteiger partial charge in [0, 0.05) is 33.4 Å². The molecule has 0 unspecified atom stereocenters. The molecule has 0 radical (unpaired) electrons. The topological polar surface area (TPSA) is 132 Å². The fraction of sp³-hybridized carbons (Fsp3) is 0.600. The van der Waals surface area contributed by atoms with Gasteiger partial charge < -0.3 is 19.1 Å². The third kappa shape index (κ3) is 4.17. The summed E-state index contributed by atoms with van der Waals surface area (Å²) in [5.41, 5.74) is 0. The highest BCUT2D eigenvalue weighted by Gasteiger charge is 2.40. The number of aryl methyl sites for hydroxylation is 2. The molecule has 12 heteroatoms. The molecule has 0 bridgehead atoms. The van der Waals surface area contributed by atoms with Crippen molar-refractivity contribution in [3.8, 4) is 0 Å². The largest absolute Gasteiger partial charge is 0.375 e. The number of hydrogen-bond acceptors (Lipinski definition) is 8. The lowest BCUT2D eigenvalue weighted by Crippen LogP contribution is -2.53. The normalized spacial score (nSPS) is 21.3. The molecule has 2 aromatic heterocycles. The summed E-state index contributed by atoms with van der Waals surface area (Å²) in [7, 11) is -0.658. The summed E-state index contributed by atoms with van der Waals surface area (Å²) in [5.74, 6) is 0.226. The molecule has 2 atom stereocenters. The van der Waals surface area contributed by atoms with Crippen molar-refractivity contribution in [3.63, 3.8) is 0 Å². The van der Waals surface area contributed by atoms with Gasteiger partial charge in [-0.2, -0.15) is 9.29 Å². The Morgan fingerprint density at radius 3 is 2.85 bits per heavy atom. The minimum Gasteiger partial charge on any atom is -0.375 e. The number of nitrogens with one attached hydrogen (secondary N) is 1. The number of hydrogen-bond donors (Lipinski definition) is 1. The van der Waals surface area contributed by atoms with Gasteiger partial charge in [0.05, 0.1) is 18.3 Å². The number of piperidine rings is 1. The molecule has 3 rings (SSSR count). The van der Waals surface area contributed by atoms with Gasteiger partial charge in [0.2, 0.25) is 11.8 Å². The molecular weight excluding hydrogens is 376 g/mol. The number of carbonyl (C=O) groups is 1. The average Bonchev–Trinajstić information content (AvgIpc) is 3.24. The fourth-order valence-corrected chi connectivity index (χ4v) is 4.53. The first kappa shape index (κ1) is 19.5. The van der Waals surface area contributed by atoms with Gasteiger partial charge in [-0.05, 0) is 13.3 Å². The Morgan fingerprint density at radius 1 is 1.48 bits per heavy atom. The lowest BCUT2D eigenvalue weighted by molar-refractivity contribution is -0.125. The van der Waals surface area contributed by atoms with E-state index >= 15 is 0 Å². The highest BCUT2D eigenvalue weighted by molar-refractivity contribution is 7.89. The zero-order valence-corrected chi connectivity index (χ0v) is 16.1. The van der Waals surface area contributed by atoms with Crippen LogP contribution in [0, 0.1) is 6.92 Å². The molecule has 1 N–H and O–H groups in total. The Balaban J connectivity index is 1.84. The zero-order valence-electron chi connectivity index (χ0n) is 15.3. The van der Waals surface area contributed by atoms with Crippen molar-refractivity contribution in [3.05, 3.63) is 24.2 Å². The maximum atomic E-state index is 12.9. The van der Waals surface area contributed by atoms with Crippen LogP contribution in [0.25, 0.3) is 0 Å². The molecular formula is C15H22N6O5S. The van der Waals surface area contributed by atoms with Crippen molar-refractivity contribution in [2.75, 3.05) is 26.8 Å². The second-order valence-corrected chi connectivity index (χ2v) is 8.31. The first-order valence-corrected chi connectivity index (χ1v) is 9.82. The zero-order chi connectivity index (χ0) is 19.6. The van der Waals surface area contributed by atoms with E-state index in [1.54, 1.807) is 18.5 Å². The van der Waals surface area contributed by atoms with Gasteiger partial charge in [-0.1, -0.05) is 5.16 Å². The molecule has 0 aliphatic carbocycles. The molecule has 27 heavy (non-hydrogen) atoms. The Bertz CT molecular complexity index is 907. The van der Waals surface area contributed by atoms with Crippen LogP contribution < -0.4 is 5.32 Å². The summed E-state index contributed by atoms with van der Waals surface area (Å²) in [5, 5.41) is 6.58. The first-order chi connectivity index (χ1) is 12.8. The van der Waals surface area contributed by atoms with E-state index in [9.17, 15) is 13.2 Å². The number of carbonyl (C=O) groups excluding carboxylic acids is 1. The van der Waals surface area contributed by atoms with E-state index < -0.39 is 16.1 Å². The fourth-order valence-electron chi connectivity index (χ4n) is 3.08. The van der Waals surface area contributed by atoms with Crippen molar-refractivity contribution < 1.29 is 22.5 Å². The molecule has 11 nitrogen and oxygen atoms in total. The molecule has 0 aromatic carbocycles. The van der Waals surface area contributed by atoms with Gasteiger partial charge in [-0.15, -0.1) is 0 Å². The highest BCUT2D eigenvalue weighted by Crippen LogP contribution is 2.30. The van der Waals surface area contributed by atoms with Crippen molar-refractivity contribution in [1.82, 2.24) is 29.3 Å². The molecule has 1 aliphatic rings. The molecule has 3 heterocycles. The minimum atomic E-state index is -3.77. The summed E-state index contributed by atoms with van der Waals surface area (Å²) >= 11 is 0. The van der Waals surface area contributed by atoms with E-state index in [1.807, 2.05) is 0 Å². The second kappa shape index (κ2) is 7.74. The number of nitrogens with zero attached hydrogens (tertiary/aromatic N) is 5. The molecule has 0 saturated carbocycles. The van der Waals surface area contributed by atoms with Crippen molar-refractivity contribution in [2.45, 2.75) is 30.3 Å². The van der Waals surface area contributed by atoms with Crippen molar-refractivity contribution >= 4 is 15.9 Å². The SMILES string of the molecule is COCC(=O)N[C@@H]1CN(S(=O)(=O)c2cn(C)cn2)CC[C@@H]1c1nc(C)no1. The van der Waals surface area contributed by atoms with E-state index in [0.717, 1.165) is 0 Å². The van der Waals surface area contributed by atoms with Gasteiger partial charge in [0.15, 0.2) is 10.9 Å². The third-order valence-corrected chi connectivity index (χ3v) is 6.09. The summed E-state index contributed by atoms with van der Waals surface area (Å²) in [6, 6.07) is -0.528. The Labute approximate surface area is 156 Å². The highest BCUT2D eigenvalue weighted by atomic mass is 32.2. The quantitative estimate of drug-likeness (QED) is 0.683. The van der Waals surface area contributed by atoms with Crippen LogP contribution >= 0.6 is 0 Å². The van der Waals surface area contributed by atoms with Gasteiger partial charge in [-0.25, -0.2) is 13.4 Å². The number of sulfonamides is 1. The lowest BCUT2D eigenvalue weighted by atomic mass is 9.92. The van der Waals surface area contributed by atoms with Crippen LogP contribution in [-0.4, -0.2) is 71.2 Å². The molecule has 1 amide bonds. The molecule has 148 valence electrons. The molecule has 1 aliphatic heterocycles. The summed E-state index contributed by atoms with van der Waals surface area (Å²) in [6.07, 6.45) is 3.30. The summed E-state index contributed by atoms with van der Waals surface area (Å²) < 4.78 is 38.7. The molecule has 0 spiro atoms. The van der Waals surface area contributed by atoms with E-state index in [0.29, 0.717) is 18.1 Å². The van der Waals surface area contributed by atoms with Crippen LogP contribution in [0.2, 0.25) is 0 Å². The number of imidazole rings is 1. The maximum absolute atomic E-state index is 12.9.